The summed E-state index contributed by atoms with van der Waals surface area (Å²) in [5, 5.41) is 6.98. The molecule has 4 nitrogen and oxygen atoms in total. The van der Waals surface area contributed by atoms with Crippen molar-refractivity contribution in [3.8, 4) is 11.1 Å². The van der Waals surface area contributed by atoms with Gasteiger partial charge in [-0.05, 0) is 125 Å². The largest absolute Gasteiger partial charge is 0.456 e. The normalized spacial score (nSPS) is 13.7. The quantitative estimate of drug-likeness (QED) is 0.154. The van der Waals surface area contributed by atoms with E-state index < -0.39 is 0 Å². The molecule has 0 unspecified atom stereocenters. The molecule has 0 amide bonds. The highest BCUT2D eigenvalue weighted by atomic mass is 16.3. The average Bonchev–Trinajstić information content (AvgIpc) is 3.43. The van der Waals surface area contributed by atoms with Crippen molar-refractivity contribution >= 4 is 67.5 Å². The lowest BCUT2D eigenvalue weighted by Crippen LogP contribution is -2.03. The van der Waals surface area contributed by atoms with E-state index in [4.69, 9.17) is 4.42 Å². The van der Waals surface area contributed by atoms with Crippen molar-refractivity contribution < 1.29 is 4.42 Å². The lowest BCUT2D eigenvalue weighted by atomic mass is 9.80. The highest BCUT2D eigenvalue weighted by molar-refractivity contribution is 6.13. The van der Waals surface area contributed by atoms with E-state index in [2.05, 4.69) is 107 Å². The lowest BCUT2D eigenvalue weighted by molar-refractivity contribution is 0.669. The number of furan rings is 1. The van der Waals surface area contributed by atoms with Gasteiger partial charge in [0.15, 0.2) is 0 Å². The summed E-state index contributed by atoms with van der Waals surface area (Å²) in [5.41, 5.74) is 10.9. The summed E-state index contributed by atoms with van der Waals surface area (Å²) in [4.78, 5) is 13.0. The molecule has 0 saturated heterocycles. The highest BCUT2D eigenvalue weighted by Crippen LogP contribution is 2.44. The van der Waals surface area contributed by atoms with Crippen LogP contribution < -0.4 is 0 Å². The Kier molecular flexibility index (Phi) is 6.27. The molecule has 44 heavy (non-hydrogen) atoms. The minimum absolute atomic E-state index is 0.750. The molecule has 0 radical (unpaired) electrons. The van der Waals surface area contributed by atoms with Crippen LogP contribution in [0, 0.1) is 0 Å². The first-order valence-corrected chi connectivity index (χ1v) is 14.9. The van der Waals surface area contributed by atoms with Crippen LogP contribution in [-0.4, -0.2) is 16.7 Å². The molecule has 4 heteroatoms. The van der Waals surface area contributed by atoms with Crippen molar-refractivity contribution in [2.45, 2.75) is 19.8 Å². The molecule has 0 fully saturated rings. The van der Waals surface area contributed by atoms with Crippen LogP contribution >= 0.6 is 0 Å². The van der Waals surface area contributed by atoms with Gasteiger partial charge in [0.05, 0.1) is 11.4 Å². The van der Waals surface area contributed by atoms with Gasteiger partial charge in [-0.15, -0.1) is 0 Å². The summed E-state index contributed by atoms with van der Waals surface area (Å²) in [7, 11) is 0. The van der Waals surface area contributed by atoms with Gasteiger partial charge in [0.2, 0.25) is 0 Å². The van der Waals surface area contributed by atoms with E-state index >= 15 is 0 Å². The Morgan fingerprint density at radius 2 is 1.70 bits per heavy atom. The summed E-state index contributed by atoms with van der Waals surface area (Å²) in [6.07, 6.45) is 16.3. The van der Waals surface area contributed by atoms with E-state index in [9.17, 15) is 0 Å². The maximum atomic E-state index is 6.32. The van der Waals surface area contributed by atoms with Crippen LogP contribution in [0.15, 0.2) is 125 Å². The molecule has 8 rings (SSSR count). The molecule has 3 heterocycles. The first-order chi connectivity index (χ1) is 21.7. The first-order valence-electron chi connectivity index (χ1n) is 14.9. The Balaban J connectivity index is 1.35. The topological polar surface area (TPSA) is 51.3 Å². The zero-order chi connectivity index (χ0) is 29.6. The zero-order valence-corrected chi connectivity index (χ0v) is 24.4. The molecule has 0 aliphatic heterocycles. The van der Waals surface area contributed by atoms with E-state index in [1.807, 2.05) is 36.7 Å². The van der Waals surface area contributed by atoms with Crippen LogP contribution in [0.2, 0.25) is 0 Å². The van der Waals surface area contributed by atoms with Crippen LogP contribution in [0.5, 0.6) is 0 Å². The van der Waals surface area contributed by atoms with Crippen LogP contribution in [0.3, 0.4) is 0 Å². The fraction of sp³-hybridized carbons (Fsp3) is 0.0750. The van der Waals surface area contributed by atoms with Gasteiger partial charge in [0.25, 0.3) is 0 Å². The molecular formula is C40H29N3O. The van der Waals surface area contributed by atoms with E-state index in [1.54, 1.807) is 6.20 Å². The molecule has 0 atom stereocenters. The second-order valence-electron chi connectivity index (χ2n) is 11.3. The summed E-state index contributed by atoms with van der Waals surface area (Å²) in [5.74, 6) is 0. The van der Waals surface area contributed by atoms with E-state index in [1.165, 1.54) is 44.2 Å². The smallest absolute Gasteiger partial charge is 0.136 e. The van der Waals surface area contributed by atoms with E-state index in [0.717, 1.165) is 56.9 Å². The van der Waals surface area contributed by atoms with Crippen LogP contribution in [-0.2, 0) is 6.42 Å². The van der Waals surface area contributed by atoms with Crippen molar-refractivity contribution in [3.05, 3.63) is 138 Å². The first kappa shape index (κ1) is 26.1. The van der Waals surface area contributed by atoms with Crippen molar-refractivity contribution in [1.29, 1.82) is 0 Å². The number of hydrogen-bond acceptors (Lipinski definition) is 4. The molecular weight excluding hydrogens is 538 g/mol. The summed E-state index contributed by atoms with van der Waals surface area (Å²) in [6.45, 7) is 5.98. The van der Waals surface area contributed by atoms with Gasteiger partial charge < -0.3 is 4.42 Å². The van der Waals surface area contributed by atoms with E-state index in [0.29, 0.717) is 0 Å². The number of benzene rings is 4. The number of nitrogens with zero attached hydrogens (tertiary/aromatic N) is 3. The third-order valence-corrected chi connectivity index (χ3v) is 8.71. The van der Waals surface area contributed by atoms with Crippen molar-refractivity contribution in [1.82, 2.24) is 9.97 Å². The van der Waals surface area contributed by atoms with Gasteiger partial charge >= 0.3 is 0 Å². The van der Waals surface area contributed by atoms with Gasteiger partial charge in [-0.25, -0.2) is 0 Å². The molecule has 0 saturated carbocycles. The Morgan fingerprint density at radius 3 is 2.57 bits per heavy atom. The van der Waals surface area contributed by atoms with Gasteiger partial charge in [-0.1, -0.05) is 54.6 Å². The highest BCUT2D eigenvalue weighted by Gasteiger charge is 2.22. The predicted molar refractivity (Wildman–Crippen MR) is 185 cm³/mol. The summed E-state index contributed by atoms with van der Waals surface area (Å²) < 4.78 is 6.32. The molecule has 0 N–H and O–H groups in total. The number of fused-ring (bicyclic) bond motifs is 6. The van der Waals surface area contributed by atoms with E-state index in [-0.39, 0.29) is 0 Å². The number of allylic oxidation sites excluding steroid dienone is 4. The number of hydrogen-bond donors (Lipinski definition) is 0. The lowest BCUT2D eigenvalue weighted by Gasteiger charge is -2.24. The van der Waals surface area contributed by atoms with Gasteiger partial charge in [0.1, 0.15) is 11.2 Å². The predicted octanol–water partition coefficient (Wildman–Crippen LogP) is 10.5. The van der Waals surface area contributed by atoms with Crippen molar-refractivity contribution in [2.24, 2.45) is 4.99 Å². The fourth-order valence-electron chi connectivity index (χ4n) is 6.67. The van der Waals surface area contributed by atoms with Crippen molar-refractivity contribution in [3.63, 3.8) is 0 Å². The number of aliphatic imine (C=N–C) groups is 1. The summed E-state index contributed by atoms with van der Waals surface area (Å²) >= 11 is 0. The third-order valence-electron chi connectivity index (χ3n) is 8.71. The Morgan fingerprint density at radius 1 is 0.841 bits per heavy atom. The maximum absolute atomic E-state index is 6.32. The Labute approximate surface area is 255 Å². The standard InChI is InChI=1S/C40H29N3O/c1-25(14-16-35(41-2)36-13-7-8-19-43-36)39-29-9-3-5-11-31(29)40(32-12-6-4-10-30(32)39)27-15-17-37-33(22-27)34-21-26-18-20-42-24-28(26)23-38(34)44-37/h3-5,7-11,13-24H,2,6,12H2,1H3/b25-14+,35-16-. The molecule has 3 aromatic heterocycles. The van der Waals surface area contributed by atoms with Gasteiger partial charge in [-0.2, -0.15) is 0 Å². The zero-order valence-electron chi connectivity index (χ0n) is 24.4. The minimum Gasteiger partial charge on any atom is -0.456 e. The maximum Gasteiger partial charge on any atom is 0.136 e. The number of aromatic nitrogens is 2. The fourth-order valence-corrected chi connectivity index (χ4v) is 6.67. The Hall–Kier alpha value is -5.61. The molecule has 0 bridgehead atoms. The van der Waals surface area contributed by atoms with Crippen LogP contribution in [0.4, 0.5) is 0 Å². The number of pyridine rings is 2. The molecule has 210 valence electrons. The molecule has 1 aliphatic rings. The molecule has 1 aliphatic carbocycles. The second kappa shape index (κ2) is 10.6. The monoisotopic (exact) mass is 567 g/mol. The second-order valence-corrected chi connectivity index (χ2v) is 11.3. The van der Waals surface area contributed by atoms with Gasteiger partial charge in [-0.3, -0.25) is 15.0 Å². The van der Waals surface area contributed by atoms with Gasteiger partial charge in [0, 0.05) is 34.7 Å². The molecule has 7 aromatic rings. The third kappa shape index (κ3) is 4.26. The van der Waals surface area contributed by atoms with Crippen LogP contribution in [0.25, 0.3) is 72.0 Å². The minimum atomic E-state index is 0.750. The van der Waals surface area contributed by atoms with Crippen LogP contribution in [0.1, 0.15) is 35.7 Å². The number of rotatable bonds is 5. The Bertz CT molecular complexity index is 2360. The molecule has 4 aromatic carbocycles. The summed E-state index contributed by atoms with van der Waals surface area (Å²) in [6, 6.07) is 27.6. The SMILES string of the molecule is C=N/C(=C\C=C(/C)c1c2c(c(-c3ccc4oc5cc6cnccc6cc5c4c3)c3ccccc13)CCC=C2)c1ccccn1. The van der Waals surface area contributed by atoms with Crippen molar-refractivity contribution in [2.75, 3.05) is 0 Å². The average molecular weight is 568 g/mol. The molecule has 0 spiro atoms.